The second-order valence-electron chi connectivity index (χ2n) is 14.4. The number of aromatic nitrogens is 1. The molecule has 1 N–H and O–H groups in total. The molecule has 5 aromatic carbocycles. The lowest BCUT2D eigenvalue weighted by Crippen LogP contribution is -2.10. The molecule has 5 heteroatoms. The summed E-state index contributed by atoms with van der Waals surface area (Å²) in [5, 5.41) is 12.1. The Morgan fingerprint density at radius 3 is 1.91 bits per heavy atom. The zero-order valence-electron chi connectivity index (χ0n) is 31.9. The lowest BCUT2D eigenvalue weighted by molar-refractivity contribution is 0.0696. The second-order valence-corrected chi connectivity index (χ2v) is 14.4. The van der Waals surface area contributed by atoms with Gasteiger partial charge < -0.3 is 19.1 Å². The Hall–Kier alpha value is -5.55. The Morgan fingerprint density at radius 1 is 0.755 bits per heavy atom. The van der Waals surface area contributed by atoms with E-state index in [9.17, 15) is 9.90 Å². The quantitative estimate of drug-likeness (QED) is 0.146. The molecule has 0 bridgehead atoms. The van der Waals surface area contributed by atoms with E-state index >= 15 is 0 Å². The van der Waals surface area contributed by atoms with E-state index in [1.807, 2.05) is 32.9 Å². The summed E-state index contributed by atoms with van der Waals surface area (Å²) in [4.78, 5) is 11.8. The van der Waals surface area contributed by atoms with Crippen molar-refractivity contribution in [1.82, 2.24) is 4.57 Å². The molecule has 53 heavy (non-hydrogen) atoms. The molecule has 0 spiro atoms. The van der Waals surface area contributed by atoms with E-state index < -0.39 is 5.97 Å². The maximum absolute atomic E-state index is 11.8. The lowest BCUT2D eigenvalue weighted by atomic mass is 9.88. The van der Waals surface area contributed by atoms with Crippen LogP contribution in [0.1, 0.15) is 84.1 Å². The van der Waals surface area contributed by atoms with Crippen LogP contribution in [0.4, 0.5) is 0 Å². The molecule has 270 valence electrons. The third-order valence-corrected chi connectivity index (χ3v) is 10.8. The highest BCUT2D eigenvalue weighted by atomic mass is 16.5. The largest absolute Gasteiger partial charge is 0.494 e. The van der Waals surface area contributed by atoms with Crippen LogP contribution >= 0.6 is 0 Å². The van der Waals surface area contributed by atoms with Gasteiger partial charge in [-0.2, -0.15) is 0 Å². The van der Waals surface area contributed by atoms with Crippen LogP contribution in [-0.4, -0.2) is 28.4 Å². The van der Waals surface area contributed by atoms with Gasteiger partial charge >= 0.3 is 5.97 Å². The Bertz CT molecular complexity index is 2360. The summed E-state index contributed by atoms with van der Waals surface area (Å²) in [7, 11) is 0. The van der Waals surface area contributed by atoms with Crippen LogP contribution < -0.4 is 4.74 Å². The number of rotatable bonds is 11. The molecule has 1 aromatic heterocycles. The maximum Gasteiger partial charge on any atom is 0.335 e. The fourth-order valence-electron chi connectivity index (χ4n) is 8.17. The average molecular weight is 704 g/mol. The SMILES string of the molecule is CCOc1ccc(-c2ccc3c(c2)c2cc(C4C=CC(OC(CC)CC)=CC4)ccc2n3-c2cc(C)c(-c3c(C)cc(C(=O)O)cc3C)c(C)c2)cc1. The molecular weight excluding hydrogens is 655 g/mol. The maximum atomic E-state index is 11.8. The molecule has 1 aliphatic rings. The number of allylic oxidation sites excluding steroid dienone is 3. The molecule has 1 unspecified atom stereocenters. The third kappa shape index (κ3) is 6.89. The van der Waals surface area contributed by atoms with Gasteiger partial charge in [0.25, 0.3) is 0 Å². The monoisotopic (exact) mass is 703 g/mol. The van der Waals surface area contributed by atoms with Gasteiger partial charge in [0, 0.05) is 22.4 Å². The van der Waals surface area contributed by atoms with Crippen LogP contribution in [0.2, 0.25) is 0 Å². The highest BCUT2D eigenvalue weighted by Gasteiger charge is 2.21. The van der Waals surface area contributed by atoms with Crippen LogP contribution in [-0.2, 0) is 4.74 Å². The number of aromatic carboxylic acids is 1. The Kier molecular flexibility index (Phi) is 10.0. The zero-order chi connectivity index (χ0) is 37.4. The van der Waals surface area contributed by atoms with Crippen LogP contribution in [0.3, 0.4) is 0 Å². The number of ether oxygens (including phenoxy) is 2. The third-order valence-electron chi connectivity index (χ3n) is 10.8. The molecule has 0 radical (unpaired) electrons. The van der Waals surface area contributed by atoms with Gasteiger partial charge in [0.1, 0.15) is 11.5 Å². The van der Waals surface area contributed by atoms with Crippen molar-refractivity contribution in [3.8, 4) is 33.7 Å². The summed E-state index contributed by atoms with van der Waals surface area (Å²) in [5.41, 5.74) is 13.8. The molecule has 6 aromatic rings. The van der Waals surface area contributed by atoms with Crippen LogP contribution in [0.15, 0.2) is 109 Å². The minimum absolute atomic E-state index is 0.251. The summed E-state index contributed by atoms with van der Waals surface area (Å²) < 4.78 is 14.4. The summed E-state index contributed by atoms with van der Waals surface area (Å²) in [6, 6.07) is 30.2. The van der Waals surface area contributed by atoms with Crippen molar-refractivity contribution >= 4 is 27.8 Å². The zero-order valence-corrected chi connectivity index (χ0v) is 31.9. The van der Waals surface area contributed by atoms with Crippen molar-refractivity contribution in [3.63, 3.8) is 0 Å². The standard InChI is InChI=1S/C48H49NO4/c1-8-39(9-2)53-41-19-13-34(14-20-41)36-16-22-45-43(28-36)42-27-35(33-11-17-40(18-12-33)52-10-3)15-21-44(42)49(45)38-25-31(6)47(32(7)26-38)46-29(4)23-37(48(50)51)24-30(46)5/h11-13,15-28,34,39H,8-10,14H2,1-7H3,(H,50,51). The summed E-state index contributed by atoms with van der Waals surface area (Å²) >= 11 is 0. The van der Waals surface area contributed by atoms with Crippen molar-refractivity contribution in [2.45, 2.75) is 79.8 Å². The van der Waals surface area contributed by atoms with Gasteiger partial charge in [0.05, 0.1) is 29.3 Å². The number of carboxylic acids is 1. The van der Waals surface area contributed by atoms with Crippen LogP contribution in [0.5, 0.6) is 5.75 Å². The molecule has 0 saturated carbocycles. The Labute approximate surface area is 313 Å². The highest BCUT2D eigenvalue weighted by Crippen LogP contribution is 2.41. The van der Waals surface area contributed by atoms with Crippen molar-refractivity contribution in [1.29, 1.82) is 0 Å². The van der Waals surface area contributed by atoms with E-state index in [4.69, 9.17) is 9.47 Å². The molecular formula is C48H49NO4. The molecule has 5 nitrogen and oxygen atoms in total. The highest BCUT2D eigenvalue weighted by molar-refractivity contribution is 6.11. The molecule has 0 fully saturated rings. The molecule has 0 aliphatic heterocycles. The number of hydrogen-bond donors (Lipinski definition) is 1. The number of carbonyl (C=O) groups is 1. The number of hydrogen-bond acceptors (Lipinski definition) is 3. The predicted octanol–water partition coefficient (Wildman–Crippen LogP) is 12.6. The summed E-state index contributed by atoms with van der Waals surface area (Å²) in [5.74, 6) is 1.21. The van der Waals surface area contributed by atoms with Gasteiger partial charge in [0.15, 0.2) is 0 Å². The van der Waals surface area contributed by atoms with Crippen molar-refractivity contribution in [2.24, 2.45) is 0 Å². The fraction of sp³-hybridized carbons (Fsp3) is 0.271. The molecule has 1 aliphatic carbocycles. The number of aryl methyl sites for hydroxylation is 4. The van der Waals surface area contributed by atoms with Gasteiger partial charge in [-0.15, -0.1) is 0 Å². The van der Waals surface area contributed by atoms with Crippen LogP contribution in [0, 0.1) is 27.7 Å². The summed E-state index contributed by atoms with van der Waals surface area (Å²) in [6.07, 6.45) is 9.85. The molecule has 1 atom stereocenters. The first-order valence-electron chi connectivity index (χ1n) is 18.9. The van der Waals surface area contributed by atoms with E-state index in [2.05, 4.69) is 111 Å². The van der Waals surface area contributed by atoms with E-state index in [1.165, 1.54) is 16.3 Å². The van der Waals surface area contributed by atoms with Gasteiger partial charge in [0.2, 0.25) is 0 Å². The second kappa shape index (κ2) is 14.8. The van der Waals surface area contributed by atoms with E-state index in [0.29, 0.717) is 12.2 Å². The van der Waals surface area contributed by atoms with E-state index in [-0.39, 0.29) is 12.0 Å². The first kappa shape index (κ1) is 35.8. The minimum Gasteiger partial charge on any atom is -0.494 e. The van der Waals surface area contributed by atoms with Crippen molar-refractivity contribution in [3.05, 3.63) is 142 Å². The van der Waals surface area contributed by atoms with Gasteiger partial charge in [-0.1, -0.05) is 44.2 Å². The van der Waals surface area contributed by atoms with Crippen LogP contribution in [0.25, 0.3) is 49.7 Å². The Morgan fingerprint density at radius 2 is 1.34 bits per heavy atom. The number of carboxylic acid groups (broad SMARTS) is 1. The van der Waals surface area contributed by atoms with Crippen molar-refractivity contribution < 1.29 is 19.4 Å². The first-order valence-corrected chi connectivity index (χ1v) is 18.9. The predicted molar refractivity (Wildman–Crippen MR) is 219 cm³/mol. The smallest absolute Gasteiger partial charge is 0.335 e. The average Bonchev–Trinajstić information content (AvgIpc) is 3.48. The molecule has 0 saturated heterocycles. The molecule has 0 amide bonds. The summed E-state index contributed by atoms with van der Waals surface area (Å²) in [6.45, 7) is 15.3. The Balaban J connectivity index is 1.35. The normalized spacial score (nSPS) is 14.3. The molecule has 1 heterocycles. The van der Waals surface area contributed by atoms with Gasteiger partial charge in [-0.25, -0.2) is 4.79 Å². The molecule has 7 rings (SSSR count). The van der Waals surface area contributed by atoms with Crippen molar-refractivity contribution in [2.75, 3.05) is 6.61 Å². The first-order chi connectivity index (χ1) is 25.6. The topological polar surface area (TPSA) is 60.7 Å². The van der Waals surface area contributed by atoms with E-state index in [1.54, 1.807) is 12.1 Å². The fourth-order valence-corrected chi connectivity index (χ4v) is 8.17. The van der Waals surface area contributed by atoms with E-state index in [0.717, 1.165) is 92.0 Å². The number of nitrogens with zero attached hydrogens (tertiary/aromatic N) is 1. The number of fused-ring (bicyclic) bond motifs is 3. The minimum atomic E-state index is -0.904. The number of benzene rings is 5. The lowest BCUT2D eigenvalue weighted by Gasteiger charge is -2.21. The van der Waals surface area contributed by atoms with Gasteiger partial charge in [-0.05, 0) is 177 Å². The van der Waals surface area contributed by atoms with Gasteiger partial charge in [-0.3, -0.25) is 0 Å².